The molecule has 2 N–H and O–H groups in total. The van der Waals surface area contributed by atoms with Crippen molar-refractivity contribution in [2.45, 2.75) is 31.8 Å². The minimum atomic E-state index is -0.0549. The summed E-state index contributed by atoms with van der Waals surface area (Å²) in [4.78, 5) is 14.6. The maximum atomic E-state index is 12.1. The monoisotopic (exact) mass is 377 g/mol. The summed E-state index contributed by atoms with van der Waals surface area (Å²) in [6.45, 7) is 3.38. The third kappa shape index (κ3) is 6.16. The molecule has 0 bridgehead atoms. The molecule has 3 rings (SSSR count). The van der Waals surface area contributed by atoms with E-state index in [1.807, 2.05) is 12.1 Å². The van der Waals surface area contributed by atoms with Gasteiger partial charge in [-0.1, -0.05) is 18.6 Å². The molecule has 1 unspecified atom stereocenters. The molecule has 0 aliphatic carbocycles. The quantitative estimate of drug-likeness (QED) is 0.845. The molecular weight excluding hydrogens is 353 g/mol. The molecule has 130 valence electrons. The molecule has 7 heteroatoms. The van der Waals surface area contributed by atoms with E-state index in [0.29, 0.717) is 0 Å². The second-order valence-electron chi connectivity index (χ2n) is 5.80. The molecule has 1 aromatic rings. The van der Waals surface area contributed by atoms with Crippen LogP contribution in [-0.4, -0.2) is 41.6 Å². The number of thioether (sulfide) groups is 1. The van der Waals surface area contributed by atoms with Gasteiger partial charge in [0, 0.05) is 23.9 Å². The van der Waals surface area contributed by atoms with E-state index in [0.717, 1.165) is 23.9 Å². The molecule has 0 saturated carbocycles. The van der Waals surface area contributed by atoms with Gasteiger partial charge in [0.1, 0.15) is 0 Å². The van der Waals surface area contributed by atoms with Crippen LogP contribution < -0.4 is 10.6 Å². The number of rotatable bonds is 4. The number of carbonyl (C=O) groups excluding carboxylic acids is 1. The predicted molar refractivity (Wildman–Crippen MR) is 103 cm³/mol. The Balaban J connectivity index is 0.00000132. The van der Waals surface area contributed by atoms with E-state index in [-0.39, 0.29) is 36.8 Å². The van der Waals surface area contributed by atoms with Crippen molar-refractivity contribution in [2.75, 3.05) is 30.0 Å². The van der Waals surface area contributed by atoms with Gasteiger partial charge in [-0.25, -0.2) is 0 Å². The van der Waals surface area contributed by atoms with Crippen LogP contribution in [0.3, 0.4) is 0 Å². The Labute approximate surface area is 155 Å². The lowest BCUT2D eigenvalue weighted by molar-refractivity contribution is -0.117. The summed E-state index contributed by atoms with van der Waals surface area (Å²) >= 11 is 1.77. The second-order valence-corrected chi connectivity index (χ2v) is 6.83. The molecule has 1 amide bonds. The summed E-state index contributed by atoms with van der Waals surface area (Å²) < 4.78 is 0. The number of halogens is 2. The summed E-state index contributed by atoms with van der Waals surface area (Å²) in [5, 5.41) is 6.23. The van der Waals surface area contributed by atoms with Crippen LogP contribution in [0.2, 0.25) is 0 Å². The third-order valence-electron chi connectivity index (χ3n) is 4.08. The number of hydrogen-bond acceptors (Lipinski definition) is 4. The number of anilines is 1. The van der Waals surface area contributed by atoms with Gasteiger partial charge in [-0.2, -0.15) is 0 Å². The number of benzene rings is 1. The number of hydrogen-bond donors (Lipinski definition) is 2. The van der Waals surface area contributed by atoms with Gasteiger partial charge in [0.05, 0.1) is 6.04 Å². The van der Waals surface area contributed by atoms with E-state index in [9.17, 15) is 4.79 Å². The molecule has 2 aliphatic rings. The molecule has 2 saturated heterocycles. The second kappa shape index (κ2) is 10.4. The standard InChI is InChI=1S/C16H23N3OS.2ClH/c20-16(15-11-21-12-17-15)18-14-6-4-5-13(9-14)10-19-7-2-1-3-8-19;;/h4-6,9,15,17H,1-3,7-8,10-12H2,(H,18,20);2*1H. The molecule has 0 aromatic heterocycles. The van der Waals surface area contributed by atoms with Crippen LogP contribution in [0.1, 0.15) is 24.8 Å². The van der Waals surface area contributed by atoms with E-state index < -0.39 is 0 Å². The van der Waals surface area contributed by atoms with Crippen LogP contribution in [-0.2, 0) is 11.3 Å². The molecule has 0 radical (unpaired) electrons. The van der Waals surface area contributed by atoms with Crippen LogP contribution in [0.25, 0.3) is 0 Å². The highest BCUT2D eigenvalue weighted by Gasteiger charge is 2.22. The largest absolute Gasteiger partial charge is 0.325 e. The normalized spacial score (nSPS) is 21.1. The first kappa shape index (κ1) is 20.6. The van der Waals surface area contributed by atoms with Crippen molar-refractivity contribution in [3.63, 3.8) is 0 Å². The molecule has 23 heavy (non-hydrogen) atoms. The fraction of sp³-hybridized carbons (Fsp3) is 0.562. The van der Waals surface area contributed by atoms with Crippen molar-refractivity contribution in [1.29, 1.82) is 0 Å². The van der Waals surface area contributed by atoms with Gasteiger partial charge in [-0.3, -0.25) is 15.0 Å². The van der Waals surface area contributed by atoms with Gasteiger partial charge in [0.15, 0.2) is 0 Å². The molecular formula is C16H25Cl2N3OS. The minimum absolute atomic E-state index is 0. The SMILES string of the molecule is Cl.Cl.O=C(Nc1cccc(CN2CCCCC2)c1)C1CSCN1. The van der Waals surface area contributed by atoms with Crippen molar-refractivity contribution in [2.24, 2.45) is 0 Å². The number of carbonyl (C=O) groups is 1. The number of amides is 1. The van der Waals surface area contributed by atoms with E-state index >= 15 is 0 Å². The van der Waals surface area contributed by atoms with Crippen molar-refractivity contribution >= 4 is 48.2 Å². The van der Waals surface area contributed by atoms with Crippen molar-refractivity contribution in [3.05, 3.63) is 29.8 Å². The summed E-state index contributed by atoms with van der Waals surface area (Å²) in [5.41, 5.74) is 2.19. The number of likely N-dealkylation sites (tertiary alicyclic amines) is 1. The molecule has 2 aliphatic heterocycles. The Morgan fingerprint density at radius 2 is 2.04 bits per heavy atom. The fourth-order valence-electron chi connectivity index (χ4n) is 2.92. The number of piperidine rings is 1. The highest BCUT2D eigenvalue weighted by Crippen LogP contribution is 2.17. The van der Waals surface area contributed by atoms with Crippen molar-refractivity contribution in [3.8, 4) is 0 Å². The predicted octanol–water partition coefficient (Wildman–Crippen LogP) is 3.12. The zero-order valence-electron chi connectivity index (χ0n) is 13.1. The Kier molecular flexibility index (Phi) is 9.32. The summed E-state index contributed by atoms with van der Waals surface area (Å²) in [6, 6.07) is 8.20. The Hall–Kier alpha value is -0.460. The Bertz CT molecular complexity index is 492. The Morgan fingerprint density at radius 1 is 1.26 bits per heavy atom. The van der Waals surface area contributed by atoms with Gasteiger partial charge >= 0.3 is 0 Å². The maximum Gasteiger partial charge on any atom is 0.242 e. The highest BCUT2D eigenvalue weighted by atomic mass is 35.5. The lowest BCUT2D eigenvalue weighted by atomic mass is 10.1. The van der Waals surface area contributed by atoms with E-state index in [1.54, 1.807) is 11.8 Å². The Morgan fingerprint density at radius 3 is 2.74 bits per heavy atom. The number of nitrogens with one attached hydrogen (secondary N) is 2. The van der Waals surface area contributed by atoms with Crippen LogP contribution in [0.15, 0.2) is 24.3 Å². The summed E-state index contributed by atoms with van der Waals surface area (Å²) in [5.74, 6) is 1.81. The minimum Gasteiger partial charge on any atom is -0.325 e. The molecule has 4 nitrogen and oxygen atoms in total. The van der Waals surface area contributed by atoms with Crippen LogP contribution in [0.5, 0.6) is 0 Å². The van der Waals surface area contributed by atoms with Gasteiger partial charge in [-0.15, -0.1) is 36.6 Å². The van der Waals surface area contributed by atoms with Gasteiger partial charge in [-0.05, 0) is 43.6 Å². The molecule has 2 fully saturated rings. The lowest BCUT2D eigenvalue weighted by Gasteiger charge is -2.26. The maximum absolute atomic E-state index is 12.1. The molecule has 2 heterocycles. The molecule has 1 aromatic carbocycles. The van der Waals surface area contributed by atoms with Gasteiger partial charge in [0.2, 0.25) is 5.91 Å². The first-order valence-electron chi connectivity index (χ1n) is 7.74. The first-order chi connectivity index (χ1) is 10.3. The molecule has 1 atom stereocenters. The first-order valence-corrected chi connectivity index (χ1v) is 8.90. The number of nitrogens with zero attached hydrogens (tertiary/aromatic N) is 1. The topological polar surface area (TPSA) is 44.4 Å². The van der Waals surface area contributed by atoms with Crippen molar-refractivity contribution in [1.82, 2.24) is 10.2 Å². The molecule has 0 spiro atoms. The van der Waals surface area contributed by atoms with E-state index in [1.165, 1.54) is 37.9 Å². The fourth-order valence-corrected chi connectivity index (χ4v) is 3.86. The average molecular weight is 378 g/mol. The van der Waals surface area contributed by atoms with Gasteiger partial charge < -0.3 is 5.32 Å². The van der Waals surface area contributed by atoms with Crippen LogP contribution >= 0.6 is 36.6 Å². The van der Waals surface area contributed by atoms with Gasteiger partial charge in [0.25, 0.3) is 0 Å². The lowest BCUT2D eigenvalue weighted by Crippen LogP contribution is -2.37. The zero-order valence-corrected chi connectivity index (χ0v) is 15.6. The van der Waals surface area contributed by atoms with E-state index in [4.69, 9.17) is 0 Å². The summed E-state index contributed by atoms with van der Waals surface area (Å²) in [6.07, 6.45) is 3.97. The zero-order chi connectivity index (χ0) is 14.5. The van der Waals surface area contributed by atoms with Crippen molar-refractivity contribution < 1.29 is 4.79 Å². The average Bonchev–Trinajstić information content (AvgIpc) is 3.03. The van der Waals surface area contributed by atoms with Crippen LogP contribution in [0, 0.1) is 0 Å². The highest BCUT2D eigenvalue weighted by molar-refractivity contribution is 7.99. The van der Waals surface area contributed by atoms with Crippen LogP contribution in [0.4, 0.5) is 5.69 Å². The third-order valence-corrected chi connectivity index (χ3v) is 5.02. The van der Waals surface area contributed by atoms with E-state index in [2.05, 4.69) is 27.7 Å². The smallest absolute Gasteiger partial charge is 0.242 e. The summed E-state index contributed by atoms with van der Waals surface area (Å²) in [7, 11) is 0.